The lowest BCUT2D eigenvalue weighted by Gasteiger charge is -2.38. The third-order valence-corrected chi connectivity index (χ3v) is 6.30. The molecule has 7 heteroatoms. The van der Waals surface area contributed by atoms with E-state index in [4.69, 9.17) is 14.2 Å². The van der Waals surface area contributed by atoms with E-state index in [0.717, 1.165) is 57.1 Å². The molecule has 3 aliphatic heterocycles. The molecule has 1 aromatic carbocycles. The molecule has 0 aliphatic carbocycles. The maximum absolute atomic E-state index is 12.5. The van der Waals surface area contributed by atoms with Crippen LogP contribution in [0, 0.1) is 5.92 Å². The molecule has 28 heavy (non-hydrogen) atoms. The predicted molar refractivity (Wildman–Crippen MR) is 109 cm³/mol. The van der Waals surface area contributed by atoms with Crippen LogP contribution in [-0.4, -0.2) is 45.5 Å². The molecule has 1 aromatic rings. The van der Waals surface area contributed by atoms with Crippen molar-refractivity contribution in [3.63, 3.8) is 0 Å². The van der Waals surface area contributed by atoms with Crippen LogP contribution in [0.25, 0.3) is 0 Å². The van der Waals surface area contributed by atoms with Gasteiger partial charge in [-0.15, -0.1) is 12.4 Å². The molecule has 156 valence electrons. The molecular formula is C21H31ClN2O4. The molecule has 1 amide bonds. The highest BCUT2D eigenvalue weighted by molar-refractivity contribution is 5.85. The Kier molecular flexibility index (Phi) is 7.43. The molecule has 0 atom stereocenters. The largest absolute Gasteiger partial charge is 0.454 e. The van der Waals surface area contributed by atoms with E-state index in [9.17, 15) is 4.79 Å². The first-order valence-electron chi connectivity index (χ1n) is 10.2. The van der Waals surface area contributed by atoms with Gasteiger partial charge in [-0.2, -0.15) is 0 Å². The van der Waals surface area contributed by atoms with E-state index in [0.29, 0.717) is 18.9 Å². The van der Waals surface area contributed by atoms with E-state index in [1.165, 1.54) is 18.4 Å². The highest BCUT2D eigenvalue weighted by Crippen LogP contribution is 2.40. The third-order valence-electron chi connectivity index (χ3n) is 6.30. The Morgan fingerprint density at radius 3 is 2.68 bits per heavy atom. The second kappa shape index (κ2) is 9.81. The lowest BCUT2D eigenvalue weighted by atomic mass is 9.74. The molecule has 0 bridgehead atoms. The monoisotopic (exact) mass is 410 g/mol. The summed E-state index contributed by atoms with van der Waals surface area (Å²) in [4.78, 5) is 12.5. The van der Waals surface area contributed by atoms with Gasteiger partial charge in [0.1, 0.15) is 0 Å². The smallest absolute Gasteiger partial charge is 0.231 e. The van der Waals surface area contributed by atoms with E-state index in [1.54, 1.807) is 0 Å². The van der Waals surface area contributed by atoms with Crippen LogP contribution < -0.4 is 20.1 Å². The average Bonchev–Trinajstić information content (AvgIpc) is 3.20. The van der Waals surface area contributed by atoms with E-state index < -0.39 is 0 Å². The Bertz CT molecular complexity index is 658. The molecule has 2 fully saturated rings. The minimum Gasteiger partial charge on any atom is -0.454 e. The molecule has 6 nitrogen and oxygen atoms in total. The van der Waals surface area contributed by atoms with E-state index in [-0.39, 0.29) is 30.5 Å². The van der Waals surface area contributed by atoms with Crippen molar-refractivity contribution in [3.05, 3.63) is 23.8 Å². The first-order valence-corrected chi connectivity index (χ1v) is 10.2. The molecule has 3 aliphatic rings. The van der Waals surface area contributed by atoms with Gasteiger partial charge in [-0.1, -0.05) is 6.07 Å². The van der Waals surface area contributed by atoms with Crippen molar-refractivity contribution in [1.82, 2.24) is 10.6 Å². The zero-order chi connectivity index (χ0) is 18.5. The predicted octanol–water partition coefficient (Wildman–Crippen LogP) is 2.78. The van der Waals surface area contributed by atoms with Gasteiger partial charge in [-0.05, 0) is 68.8 Å². The molecule has 3 heterocycles. The van der Waals surface area contributed by atoms with Gasteiger partial charge in [-0.25, -0.2) is 0 Å². The number of amides is 1. The van der Waals surface area contributed by atoms with Gasteiger partial charge in [0, 0.05) is 31.6 Å². The number of nitrogens with one attached hydrogen (secondary N) is 2. The van der Waals surface area contributed by atoms with Crippen molar-refractivity contribution in [2.45, 2.75) is 43.9 Å². The highest BCUT2D eigenvalue weighted by Gasteiger charge is 2.36. The number of ether oxygens (including phenoxy) is 3. The fraction of sp³-hybridized carbons (Fsp3) is 0.667. The molecule has 2 saturated heterocycles. The SMILES string of the molecule is Cl.O=C(CCC1CCNCC1)NCC1(c2ccc3c(c2)OCO3)CCOCC1. The summed E-state index contributed by atoms with van der Waals surface area (Å²) in [5, 5.41) is 6.60. The number of halogens is 1. The van der Waals surface area contributed by atoms with Gasteiger partial charge in [0.25, 0.3) is 0 Å². The van der Waals surface area contributed by atoms with Crippen molar-refractivity contribution in [2.24, 2.45) is 5.92 Å². The van der Waals surface area contributed by atoms with Crippen LogP contribution in [0.1, 0.15) is 44.1 Å². The summed E-state index contributed by atoms with van der Waals surface area (Å²) in [7, 11) is 0. The number of piperidine rings is 1. The first-order chi connectivity index (χ1) is 13.3. The van der Waals surface area contributed by atoms with E-state index >= 15 is 0 Å². The third kappa shape index (κ3) is 4.91. The number of benzene rings is 1. The number of hydrogen-bond acceptors (Lipinski definition) is 5. The molecular weight excluding hydrogens is 380 g/mol. The normalized spacial score (nSPS) is 21.0. The van der Waals surface area contributed by atoms with Crippen LogP contribution in [0.4, 0.5) is 0 Å². The van der Waals surface area contributed by atoms with Crippen LogP contribution in [0.5, 0.6) is 11.5 Å². The van der Waals surface area contributed by atoms with Crippen LogP contribution >= 0.6 is 12.4 Å². The van der Waals surface area contributed by atoms with Crippen molar-refractivity contribution in [2.75, 3.05) is 39.6 Å². The van der Waals surface area contributed by atoms with Gasteiger partial charge in [0.15, 0.2) is 11.5 Å². The minimum atomic E-state index is -0.0936. The number of carbonyl (C=O) groups is 1. The fourth-order valence-electron chi connectivity index (χ4n) is 4.42. The topological polar surface area (TPSA) is 68.8 Å². The van der Waals surface area contributed by atoms with Crippen LogP contribution in [0.15, 0.2) is 18.2 Å². The molecule has 0 unspecified atom stereocenters. The lowest BCUT2D eigenvalue weighted by molar-refractivity contribution is -0.122. The Balaban J connectivity index is 0.00000225. The fourth-order valence-corrected chi connectivity index (χ4v) is 4.42. The summed E-state index contributed by atoms with van der Waals surface area (Å²) in [5.41, 5.74) is 1.11. The lowest BCUT2D eigenvalue weighted by Crippen LogP contribution is -2.44. The number of hydrogen-bond donors (Lipinski definition) is 2. The number of rotatable bonds is 6. The van der Waals surface area contributed by atoms with Crippen LogP contribution in [0.2, 0.25) is 0 Å². The first kappa shape index (κ1) is 21.2. The molecule has 0 spiro atoms. The second-order valence-electron chi connectivity index (χ2n) is 7.97. The Hall–Kier alpha value is -1.50. The van der Waals surface area contributed by atoms with Crippen LogP contribution in [-0.2, 0) is 14.9 Å². The molecule has 0 saturated carbocycles. The summed E-state index contributed by atoms with van der Waals surface area (Å²) in [6.07, 6.45) is 5.80. The standard InChI is InChI=1S/C21H30N2O4.ClH/c24-20(4-1-16-5-9-22-10-6-16)23-14-21(7-11-25-12-8-21)17-2-3-18-19(13-17)27-15-26-18;/h2-3,13,16,22H,1,4-12,14-15H2,(H,23,24);1H. The van der Waals surface area contributed by atoms with Crippen molar-refractivity contribution < 1.29 is 19.0 Å². The van der Waals surface area contributed by atoms with Gasteiger partial charge in [-0.3, -0.25) is 4.79 Å². The summed E-state index contributed by atoms with van der Waals surface area (Å²) in [5.74, 6) is 2.45. The molecule has 4 rings (SSSR count). The van der Waals surface area contributed by atoms with Crippen molar-refractivity contribution >= 4 is 18.3 Å². The highest BCUT2D eigenvalue weighted by atomic mass is 35.5. The summed E-state index contributed by atoms with van der Waals surface area (Å²) in [6, 6.07) is 6.17. The van der Waals surface area contributed by atoms with Gasteiger partial charge in [0.2, 0.25) is 12.7 Å². The van der Waals surface area contributed by atoms with Crippen LogP contribution in [0.3, 0.4) is 0 Å². The van der Waals surface area contributed by atoms with Gasteiger partial charge in [0.05, 0.1) is 0 Å². The van der Waals surface area contributed by atoms with Crippen molar-refractivity contribution in [3.8, 4) is 11.5 Å². The van der Waals surface area contributed by atoms with Gasteiger partial charge < -0.3 is 24.8 Å². The van der Waals surface area contributed by atoms with Gasteiger partial charge >= 0.3 is 0 Å². The number of carbonyl (C=O) groups excluding carboxylic acids is 1. The summed E-state index contributed by atoms with van der Waals surface area (Å²) in [6.45, 7) is 4.54. The second-order valence-corrected chi connectivity index (χ2v) is 7.97. The maximum Gasteiger partial charge on any atom is 0.231 e. The maximum atomic E-state index is 12.5. The molecule has 2 N–H and O–H groups in total. The summed E-state index contributed by atoms with van der Waals surface area (Å²) < 4.78 is 16.6. The Morgan fingerprint density at radius 1 is 1.14 bits per heavy atom. The zero-order valence-corrected chi connectivity index (χ0v) is 17.2. The Morgan fingerprint density at radius 2 is 1.89 bits per heavy atom. The van der Waals surface area contributed by atoms with E-state index in [2.05, 4.69) is 22.8 Å². The number of fused-ring (bicyclic) bond motifs is 1. The Labute approximate surface area is 173 Å². The zero-order valence-electron chi connectivity index (χ0n) is 16.3. The average molecular weight is 411 g/mol. The summed E-state index contributed by atoms with van der Waals surface area (Å²) >= 11 is 0. The quantitative estimate of drug-likeness (QED) is 0.754. The van der Waals surface area contributed by atoms with E-state index in [1.807, 2.05) is 6.07 Å². The molecule has 0 radical (unpaired) electrons. The molecule has 0 aromatic heterocycles. The minimum absolute atomic E-state index is 0. The van der Waals surface area contributed by atoms with Crippen molar-refractivity contribution in [1.29, 1.82) is 0 Å².